The highest BCUT2D eigenvalue weighted by molar-refractivity contribution is 6.01. The summed E-state index contributed by atoms with van der Waals surface area (Å²) in [6.07, 6.45) is 0.525. The van der Waals surface area contributed by atoms with Crippen molar-refractivity contribution in [2.45, 2.75) is 6.42 Å². The second kappa shape index (κ2) is 5.19. The van der Waals surface area contributed by atoms with Gasteiger partial charge in [0.25, 0.3) is 0 Å². The van der Waals surface area contributed by atoms with Gasteiger partial charge in [0.15, 0.2) is 0 Å². The fourth-order valence-electron chi connectivity index (χ4n) is 2.75. The number of amides is 1. The van der Waals surface area contributed by atoms with Crippen LogP contribution >= 0.6 is 0 Å². The molecule has 1 aromatic rings. The maximum atomic E-state index is 12.2. The third-order valence-electron chi connectivity index (χ3n) is 3.85. The first-order valence-electron chi connectivity index (χ1n) is 6.82. The number of benzene rings is 1. The van der Waals surface area contributed by atoms with E-state index < -0.39 is 0 Å². The molecule has 1 fully saturated rings. The van der Waals surface area contributed by atoms with Crippen molar-refractivity contribution in [3.63, 3.8) is 0 Å². The molecule has 2 heterocycles. The van der Waals surface area contributed by atoms with Crippen LogP contribution in [0.25, 0.3) is 0 Å². The normalized spacial score (nSPS) is 19.6. The third kappa shape index (κ3) is 2.43. The molecule has 0 radical (unpaired) electrons. The number of anilines is 2. The van der Waals surface area contributed by atoms with Crippen molar-refractivity contribution in [1.29, 1.82) is 0 Å². The number of piperazine rings is 1. The summed E-state index contributed by atoms with van der Waals surface area (Å²) in [7, 11) is 1.90. The Labute approximate surface area is 113 Å². The molecule has 19 heavy (non-hydrogen) atoms. The summed E-state index contributed by atoms with van der Waals surface area (Å²) in [4.78, 5) is 16.4. The zero-order valence-corrected chi connectivity index (χ0v) is 11.3. The third-order valence-corrected chi connectivity index (χ3v) is 3.85. The highest BCUT2D eigenvalue weighted by atomic mass is 16.2. The molecule has 0 atom stereocenters. The van der Waals surface area contributed by atoms with Gasteiger partial charge in [-0.2, -0.15) is 0 Å². The number of nitrogens with zero attached hydrogens (tertiary/aromatic N) is 2. The average Bonchev–Trinajstić information content (AvgIpc) is 2.75. The number of hydrogen-bond donors (Lipinski definition) is 2. The Hall–Kier alpha value is -1.59. The van der Waals surface area contributed by atoms with Crippen LogP contribution in [0.5, 0.6) is 0 Å². The van der Waals surface area contributed by atoms with Gasteiger partial charge < -0.3 is 10.6 Å². The Morgan fingerprint density at radius 3 is 2.84 bits per heavy atom. The standard InChI is InChI=1S/C14H20N4O/c1-15-12-2-3-13-11(8-12)9-14(19)18(13)10-17-6-4-16-5-7-17/h2-3,8,15-16H,4-7,9-10H2,1H3. The molecular weight excluding hydrogens is 240 g/mol. The minimum atomic E-state index is 0.210. The number of hydrogen-bond acceptors (Lipinski definition) is 4. The van der Waals surface area contributed by atoms with E-state index in [-0.39, 0.29) is 5.91 Å². The van der Waals surface area contributed by atoms with Crippen molar-refractivity contribution in [2.75, 3.05) is 50.1 Å². The number of fused-ring (bicyclic) bond motifs is 1. The van der Waals surface area contributed by atoms with Crippen molar-refractivity contribution in [2.24, 2.45) is 0 Å². The van der Waals surface area contributed by atoms with E-state index in [0.29, 0.717) is 13.1 Å². The van der Waals surface area contributed by atoms with Crippen molar-refractivity contribution in [3.8, 4) is 0 Å². The Balaban J connectivity index is 1.78. The second-order valence-corrected chi connectivity index (χ2v) is 5.10. The zero-order chi connectivity index (χ0) is 13.2. The van der Waals surface area contributed by atoms with E-state index >= 15 is 0 Å². The van der Waals surface area contributed by atoms with Gasteiger partial charge in [0.05, 0.1) is 13.1 Å². The summed E-state index contributed by atoms with van der Waals surface area (Å²) in [6, 6.07) is 6.15. The van der Waals surface area contributed by atoms with E-state index in [4.69, 9.17) is 0 Å². The van der Waals surface area contributed by atoms with Gasteiger partial charge in [-0.15, -0.1) is 0 Å². The molecule has 0 spiro atoms. The van der Waals surface area contributed by atoms with Gasteiger partial charge in [0.1, 0.15) is 0 Å². The maximum Gasteiger partial charge on any atom is 0.232 e. The number of rotatable bonds is 3. The molecule has 1 amide bonds. The summed E-state index contributed by atoms with van der Waals surface area (Å²) in [6.45, 7) is 4.75. The van der Waals surface area contributed by atoms with Crippen LogP contribution in [-0.2, 0) is 11.2 Å². The molecule has 2 aliphatic rings. The minimum absolute atomic E-state index is 0.210. The van der Waals surface area contributed by atoms with Crippen LogP contribution in [-0.4, -0.2) is 50.7 Å². The molecule has 5 heteroatoms. The second-order valence-electron chi connectivity index (χ2n) is 5.10. The van der Waals surface area contributed by atoms with Gasteiger partial charge in [-0.3, -0.25) is 14.6 Å². The lowest BCUT2D eigenvalue weighted by Crippen LogP contribution is -2.49. The molecular formula is C14H20N4O. The van der Waals surface area contributed by atoms with Gasteiger partial charge in [0.2, 0.25) is 5.91 Å². The largest absolute Gasteiger partial charge is 0.388 e. The molecule has 102 valence electrons. The lowest BCUT2D eigenvalue weighted by molar-refractivity contribution is -0.117. The number of nitrogens with one attached hydrogen (secondary N) is 2. The first kappa shape index (κ1) is 12.4. The first-order chi connectivity index (χ1) is 9.28. The van der Waals surface area contributed by atoms with Crippen LogP contribution < -0.4 is 15.5 Å². The summed E-state index contributed by atoms with van der Waals surface area (Å²) in [5.74, 6) is 0.210. The Bertz CT molecular complexity index is 482. The topological polar surface area (TPSA) is 47.6 Å². The molecule has 3 rings (SSSR count). The highest BCUT2D eigenvalue weighted by Gasteiger charge is 2.28. The fraction of sp³-hybridized carbons (Fsp3) is 0.500. The van der Waals surface area contributed by atoms with E-state index in [1.165, 1.54) is 0 Å². The molecule has 0 unspecified atom stereocenters. The summed E-state index contributed by atoms with van der Waals surface area (Å²) in [5.41, 5.74) is 3.27. The summed E-state index contributed by atoms with van der Waals surface area (Å²) < 4.78 is 0. The van der Waals surface area contributed by atoms with Crippen molar-refractivity contribution in [1.82, 2.24) is 10.2 Å². The van der Waals surface area contributed by atoms with E-state index in [1.807, 2.05) is 24.1 Å². The molecule has 5 nitrogen and oxygen atoms in total. The average molecular weight is 260 g/mol. The smallest absolute Gasteiger partial charge is 0.232 e. The van der Waals surface area contributed by atoms with E-state index in [9.17, 15) is 4.79 Å². The lowest BCUT2D eigenvalue weighted by atomic mass is 10.1. The first-order valence-corrected chi connectivity index (χ1v) is 6.82. The molecule has 0 aliphatic carbocycles. The van der Waals surface area contributed by atoms with Gasteiger partial charge >= 0.3 is 0 Å². The fourth-order valence-corrected chi connectivity index (χ4v) is 2.75. The zero-order valence-electron chi connectivity index (χ0n) is 11.3. The van der Waals surface area contributed by atoms with Crippen LogP contribution in [0.1, 0.15) is 5.56 Å². The highest BCUT2D eigenvalue weighted by Crippen LogP contribution is 2.31. The van der Waals surface area contributed by atoms with Crippen LogP contribution in [0.4, 0.5) is 11.4 Å². The number of carbonyl (C=O) groups is 1. The van der Waals surface area contributed by atoms with Crippen molar-refractivity contribution >= 4 is 17.3 Å². The maximum absolute atomic E-state index is 12.2. The van der Waals surface area contributed by atoms with E-state index in [2.05, 4.69) is 21.6 Å². The predicted molar refractivity (Wildman–Crippen MR) is 76.5 cm³/mol. The van der Waals surface area contributed by atoms with Gasteiger partial charge in [-0.1, -0.05) is 0 Å². The Morgan fingerprint density at radius 2 is 2.11 bits per heavy atom. The quantitative estimate of drug-likeness (QED) is 0.830. The summed E-state index contributed by atoms with van der Waals surface area (Å²) >= 11 is 0. The molecule has 1 aromatic carbocycles. The predicted octanol–water partition coefficient (Wildman–Crippen LogP) is 0.480. The van der Waals surface area contributed by atoms with Crippen molar-refractivity contribution < 1.29 is 4.79 Å². The van der Waals surface area contributed by atoms with Crippen LogP contribution in [0.3, 0.4) is 0 Å². The van der Waals surface area contributed by atoms with Crippen LogP contribution in [0, 0.1) is 0 Å². The minimum Gasteiger partial charge on any atom is -0.388 e. The molecule has 2 aliphatic heterocycles. The molecule has 2 N–H and O–H groups in total. The number of carbonyl (C=O) groups excluding carboxylic acids is 1. The van der Waals surface area contributed by atoms with E-state index in [1.54, 1.807) is 0 Å². The van der Waals surface area contributed by atoms with Crippen molar-refractivity contribution in [3.05, 3.63) is 23.8 Å². The summed E-state index contributed by atoms with van der Waals surface area (Å²) in [5, 5.41) is 6.45. The van der Waals surface area contributed by atoms with Crippen LogP contribution in [0.15, 0.2) is 18.2 Å². The monoisotopic (exact) mass is 260 g/mol. The van der Waals surface area contributed by atoms with Gasteiger partial charge in [-0.05, 0) is 23.8 Å². The SMILES string of the molecule is CNc1ccc2c(c1)CC(=O)N2CN1CCNCC1. The van der Waals surface area contributed by atoms with Gasteiger partial charge in [-0.25, -0.2) is 0 Å². The van der Waals surface area contributed by atoms with E-state index in [0.717, 1.165) is 43.1 Å². The Kier molecular flexibility index (Phi) is 3.40. The molecule has 0 aromatic heterocycles. The lowest BCUT2D eigenvalue weighted by Gasteiger charge is -2.31. The van der Waals surface area contributed by atoms with Crippen LogP contribution in [0.2, 0.25) is 0 Å². The molecule has 0 saturated carbocycles. The molecule has 1 saturated heterocycles. The molecule has 0 bridgehead atoms. The Morgan fingerprint density at radius 1 is 1.32 bits per heavy atom. The van der Waals surface area contributed by atoms with Gasteiger partial charge in [0, 0.05) is 44.6 Å².